The summed E-state index contributed by atoms with van der Waals surface area (Å²) in [5.74, 6) is -0.171. The van der Waals surface area contributed by atoms with Crippen molar-refractivity contribution in [2.75, 3.05) is 23.4 Å². The highest BCUT2D eigenvalue weighted by Crippen LogP contribution is 2.29. The summed E-state index contributed by atoms with van der Waals surface area (Å²) in [4.78, 5) is 31.4. The summed E-state index contributed by atoms with van der Waals surface area (Å²) in [5, 5.41) is 11.2. The molecule has 0 saturated carbocycles. The molecule has 0 bridgehead atoms. The normalized spacial score (nSPS) is 13.9. The molecule has 2 heterocycles. The monoisotopic (exact) mass is 460 g/mol. The van der Waals surface area contributed by atoms with Crippen LogP contribution < -0.4 is 16.0 Å². The van der Waals surface area contributed by atoms with Crippen molar-refractivity contribution in [3.63, 3.8) is 0 Å². The van der Waals surface area contributed by atoms with Crippen LogP contribution in [0.4, 0.5) is 11.4 Å². The number of amides is 2. The van der Waals surface area contributed by atoms with E-state index in [1.54, 1.807) is 17.0 Å². The van der Waals surface area contributed by atoms with Crippen LogP contribution in [0.3, 0.4) is 0 Å². The van der Waals surface area contributed by atoms with E-state index >= 15 is 0 Å². The Morgan fingerprint density at radius 2 is 2.00 bits per heavy atom. The minimum absolute atomic E-state index is 0.0513. The van der Waals surface area contributed by atoms with E-state index in [-0.39, 0.29) is 18.3 Å². The SMILES string of the molecule is Cc1cc(C)n(Cc2cccc(/C(N)=N/OCC(=O)Nc3ccccc3N3CCCC3=O)c2)n1. The highest BCUT2D eigenvalue weighted by molar-refractivity contribution is 6.02. The number of aromatic nitrogens is 2. The number of nitrogens with one attached hydrogen (secondary N) is 1. The van der Waals surface area contributed by atoms with Gasteiger partial charge in [0.1, 0.15) is 0 Å². The second kappa shape index (κ2) is 10.2. The molecule has 2 aromatic carbocycles. The molecule has 2 amide bonds. The maximum absolute atomic E-state index is 12.4. The quantitative estimate of drug-likeness (QED) is 0.305. The molecule has 1 aliphatic heterocycles. The number of carbonyl (C=O) groups excluding carboxylic acids is 2. The van der Waals surface area contributed by atoms with E-state index in [0.717, 1.165) is 23.4 Å². The second-order valence-corrected chi connectivity index (χ2v) is 8.25. The number of nitrogens with zero attached hydrogens (tertiary/aromatic N) is 4. The molecule has 0 atom stereocenters. The van der Waals surface area contributed by atoms with E-state index in [1.165, 1.54) is 0 Å². The molecule has 9 heteroatoms. The van der Waals surface area contributed by atoms with Crippen molar-refractivity contribution in [1.29, 1.82) is 0 Å². The Bertz CT molecular complexity index is 1230. The van der Waals surface area contributed by atoms with Crippen LogP contribution in [0.5, 0.6) is 0 Å². The predicted molar refractivity (Wildman–Crippen MR) is 131 cm³/mol. The van der Waals surface area contributed by atoms with Crippen molar-refractivity contribution in [3.05, 3.63) is 77.1 Å². The van der Waals surface area contributed by atoms with Gasteiger partial charge in [0.05, 0.1) is 23.6 Å². The van der Waals surface area contributed by atoms with Crippen LogP contribution in [-0.2, 0) is 21.0 Å². The number of anilines is 2. The van der Waals surface area contributed by atoms with E-state index in [1.807, 2.05) is 61.0 Å². The molecule has 4 rings (SSSR count). The molecule has 34 heavy (non-hydrogen) atoms. The van der Waals surface area contributed by atoms with Gasteiger partial charge in [-0.15, -0.1) is 0 Å². The number of oxime groups is 1. The Morgan fingerprint density at radius 3 is 2.74 bits per heavy atom. The number of benzene rings is 2. The maximum atomic E-state index is 12.4. The molecule has 3 aromatic rings. The first-order valence-corrected chi connectivity index (χ1v) is 11.2. The zero-order valence-corrected chi connectivity index (χ0v) is 19.3. The van der Waals surface area contributed by atoms with Crippen molar-refractivity contribution in [3.8, 4) is 0 Å². The predicted octanol–water partition coefficient (Wildman–Crippen LogP) is 2.95. The van der Waals surface area contributed by atoms with Crippen LogP contribution in [0, 0.1) is 13.8 Å². The fourth-order valence-corrected chi connectivity index (χ4v) is 3.95. The summed E-state index contributed by atoms with van der Waals surface area (Å²) in [7, 11) is 0. The molecular weight excluding hydrogens is 432 g/mol. The average molecular weight is 461 g/mol. The van der Waals surface area contributed by atoms with E-state index in [9.17, 15) is 9.59 Å². The zero-order chi connectivity index (χ0) is 24.1. The third-order valence-electron chi connectivity index (χ3n) is 5.56. The smallest absolute Gasteiger partial charge is 0.265 e. The van der Waals surface area contributed by atoms with Gasteiger partial charge >= 0.3 is 0 Å². The molecule has 3 N–H and O–H groups in total. The van der Waals surface area contributed by atoms with Gasteiger partial charge in [-0.1, -0.05) is 35.5 Å². The molecule has 176 valence electrons. The van der Waals surface area contributed by atoms with Gasteiger partial charge in [0.15, 0.2) is 12.4 Å². The Kier molecular flexibility index (Phi) is 6.91. The van der Waals surface area contributed by atoms with E-state index < -0.39 is 5.91 Å². The van der Waals surface area contributed by atoms with Crippen LogP contribution in [0.25, 0.3) is 0 Å². The van der Waals surface area contributed by atoms with Gasteiger partial charge in [-0.2, -0.15) is 5.10 Å². The third-order valence-corrected chi connectivity index (χ3v) is 5.56. The summed E-state index contributed by atoms with van der Waals surface area (Å²) in [5.41, 5.74) is 11.1. The highest BCUT2D eigenvalue weighted by Gasteiger charge is 2.24. The fourth-order valence-electron chi connectivity index (χ4n) is 3.95. The standard InChI is InChI=1S/C25H28N6O3/c1-17-13-18(2)31(28-17)15-19-7-5-8-20(14-19)25(26)29-34-16-23(32)27-21-9-3-4-10-22(21)30-12-6-11-24(30)33/h3-5,7-10,13-14H,6,11-12,15-16H2,1-2H3,(H2,26,29)(H,27,32). The lowest BCUT2D eigenvalue weighted by molar-refractivity contribution is -0.120. The number of carbonyl (C=O) groups is 2. The largest absolute Gasteiger partial charge is 0.384 e. The van der Waals surface area contributed by atoms with Crippen LogP contribution in [-0.4, -0.2) is 40.6 Å². The van der Waals surface area contributed by atoms with Gasteiger partial charge < -0.3 is 20.8 Å². The Labute approximate surface area is 198 Å². The van der Waals surface area contributed by atoms with Gasteiger partial charge in [-0.25, -0.2) is 0 Å². The van der Waals surface area contributed by atoms with Crippen molar-refractivity contribution in [2.45, 2.75) is 33.2 Å². The van der Waals surface area contributed by atoms with Crippen LogP contribution in [0.1, 0.15) is 35.4 Å². The molecule has 9 nitrogen and oxygen atoms in total. The number of hydrogen-bond acceptors (Lipinski definition) is 5. The summed E-state index contributed by atoms with van der Waals surface area (Å²) in [6.45, 7) is 4.92. The molecule has 0 radical (unpaired) electrons. The molecule has 1 saturated heterocycles. The van der Waals surface area contributed by atoms with Crippen molar-refractivity contribution in [2.24, 2.45) is 10.9 Å². The maximum Gasteiger partial charge on any atom is 0.265 e. The number of para-hydroxylation sites is 2. The van der Waals surface area contributed by atoms with Crippen LogP contribution in [0.15, 0.2) is 59.8 Å². The van der Waals surface area contributed by atoms with Crippen molar-refractivity contribution >= 4 is 29.0 Å². The molecule has 0 spiro atoms. The summed E-state index contributed by atoms with van der Waals surface area (Å²) >= 11 is 0. The number of nitrogens with two attached hydrogens (primary N) is 1. The number of amidine groups is 1. The van der Waals surface area contributed by atoms with Crippen LogP contribution in [0.2, 0.25) is 0 Å². The van der Waals surface area contributed by atoms with Gasteiger partial charge in [0, 0.05) is 24.2 Å². The van der Waals surface area contributed by atoms with Crippen molar-refractivity contribution in [1.82, 2.24) is 9.78 Å². The zero-order valence-electron chi connectivity index (χ0n) is 19.3. The average Bonchev–Trinajstić information content (AvgIpc) is 3.38. The van der Waals surface area contributed by atoms with E-state index in [2.05, 4.69) is 15.6 Å². The lowest BCUT2D eigenvalue weighted by atomic mass is 10.1. The van der Waals surface area contributed by atoms with E-state index in [0.29, 0.717) is 36.4 Å². The molecule has 1 aromatic heterocycles. The Balaban J connectivity index is 1.35. The topological polar surface area (TPSA) is 115 Å². The summed E-state index contributed by atoms with van der Waals surface area (Å²) in [6.07, 6.45) is 1.32. The number of hydrogen-bond donors (Lipinski definition) is 2. The molecular formula is C25H28N6O3. The lowest BCUT2D eigenvalue weighted by Crippen LogP contribution is -2.26. The number of aryl methyl sites for hydroxylation is 2. The van der Waals surface area contributed by atoms with Gasteiger partial charge in [0.2, 0.25) is 5.91 Å². The second-order valence-electron chi connectivity index (χ2n) is 8.25. The van der Waals surface area contributed by atoms with Crippen LogP contribution >= 0.6 is 0 Å². The molecule has 1 aliphatic rings. The minimum atomic E-state index is -0.395. The Hall–Kier alpha value is -4.14. The fraction of sp³-hybridized carbons (Fsp3) is 0.280. The van der Waals surface area contributed by atoms with E-state index in [4.69, 9.17) is 10.6 Å². The first-order chi connectivity index (χ1) is 16.4. The van der Waals surface area contributed by atoms with Crippen molar-refractivity contribution < 1.29 is 14.4 Å². The van der Waals surface area contributed by atoms with Gasteiger partial charge in [-0.3, -0.25) is 14.3 Å². The molecule has 1 fully saturated rings. The van der Waals surface area contributed by atoms with Gasteiger partial charge in [0.25, 0.3) is 5.91 Å². The summed E-state index contributed by atoms with van der Waals surface area (Å²) in [6, 6.07) is 16.9. The minimum Gasteiger partial charge on any atom is -0.384 e. The molecule has 0 unspecified atom stereocenters. The summed E-state index contributed by atoms with van der Waals surface area (Å²) < 4.78 is 1.93. The number of rotatable bonds is 8. The third kappa shape index (κ3) is 5.43. The van der Waals surface area contributed by atoms with Gasteiger partial charge in [-0.05, 0) is 50.1 Å². The first-order valence-electron chi connectivity index (χ1n) is 11.2. The highest BCUT2D eigenvalue weighted by atomic mass is 16.6. The molecule has 0 aliphatic carbocycles. The Morgan fingerprint density at radius 1 is 1.18 bits per heavy atom. The lowest BCUT2D eigenvalue weighted by Gasteiger charge is -2.19. The first kappa shape index (κ1) is 23.0.